The maximum atomic E-state index is 5.58. The van der Waals surface area contributed by atoms with Crippen LogP contribution in [0.25, 0.3) is 0 Å². The first-order valence-corrected chi connectivity index (χ1v) is 9.50. The molecule has 1 aliphatic heterocycles. The molecule has 1 saturated heterocycles. The van der Waals surface area contributed by atoms with Gasteiger partial charge in [-0.3, -0.25) is 4.90 Å². The molecule has 1 unspecified atom stereocenters. The summed E-state index contributed by atoms with van der Waals surface area (Å²) >= 11 is 1.86. The summed E-state index contributed by atoms with van der Waals surface area (Å²) in [5, 5.41) is 4.78. The Bertz CT molecular complexity index is 656. The summed E-state index contributed by atoms with van der Waals surface area (Å²) in [7, 11) is 1.75. The lowest BCUT2D eigenvalue weighted by Crippen LogP contribution is -2.45. The number of benzene rings is 1. The van der Waals surface area contributed by atoms with Gasteiger partial charge in [-0.2, -0.15) is 0 Å². The number of piperazine rings is 1. The number of aromatic nitrogens is 1. The molecule has 1 aliphatic rings. The van der Waals surface area contributed by atoms with Crippen molar-refractivity contribution in [2.24, 2.45) is 5.92 Å². The Morgan fingerprint density at radius 3 is 3.00 bits per heavy atom. The molecule has 5 heteroatoms. The molecule has 0 radical (unpaired) electrons. The molecule has 1 aromatic heterocycles. The van der Waals surface area contributed by atoms with Crippen LogP contribution in [-0.4, -0.2) is 36.6 Å². The Hall–Kier alpha value is -1.43. The van der Waals surface area contributed by atoms with Crippen molar-refractivity contribution in [2.75, 3.05) is 26.7 Å². The fourth-order valence-corrected chi connectivity index (χ4v) is 4.41. The van der Waals surface area contributed by atoms with Crippen LogP contribution < -0.4 is 10.1 Å². The second-order valence-corrected chi connectivity index (χ2v) is 7.95. The van der Waals surface area contributed by atoms with Crippen LogP contribution in [0.1, 0.15) is 35.3 Å². The van der Waals surface area contributed by atoms with Crippen LogP contribution in [0.5, 0.6) is 5.75 Å². The molecule has 1 fully saturated rings. The number of thiazole rings is 1. The topological polar surface area (TPSA) is 37.4 Å². The molecule has 0 amide bonds. The number of para-hydroxylation sites is 1. The molecule has 2 heterocycles. The van der Waals surface area contributed by atoms with E-state index in [1.54, 1.807) is 7.11 Å². The van der Waals surface area contributed by atoms with Crippen molar-refractivity contribution in [3.63, 3.8) is 0 Å². The Labute approximate surface area is 148 Å². The van der Waals surface area contributed by atoms with Gasteiger partial charge in [-0.15, -0.1) is 11.3 Å². The maximum Gasteiger partial charge on any atom is 0.123 e. The minimum Gasteiger partial charge on any atom is -0.496 e. The summed E-state index contributed by atoms with van der Waals surface area (Å²) in [4.78, 5) is 8.50. The molecule has 2 aromatic rings. The number of hydrogen-bond acceptors (Lipinski definition) is 5. The van der Waals surface area contributed by atoms with Crippen molar-refractivity contribution in [3.05, 3.63) is 45.9 Å². The van der Waals surface area contributed by atoms with E-state index in [2.05, 4.69) is 53.4 Å². The zero-order valence-corrected chi connectivity index (χ0v) is 15.6. The van der Waals surface area contributed by atoms with E-state index in [-0.39, 0.29) is 0 Å². The van der Waals surface area contributed by atoms with Crippen LogP contribution >= 0.6 is 11.3 Å². The third-order valence-corrected chi connectivity index (χ3v) is 5.40. The minimum absolute atomic E-state index is 0.338. The quantitative estimate of drug-likeness (QED) is 0.869. The summed E-state index contributed by atoms with van der Waals surface area (Å²) in [5.41, 5.74) is 1.26. The first-order chi connectivity index (χ1) is 11.7. The van der Waals surface area contributed by atoms with E-state index >= 15 is 0 Å². The highest BCUT2D eigenvalue weighted by molar-refractivity contribution is 7.11. The number of rotatable bonds is 6. The molecule has 0 bridgehead atoms. The lowest BCUT2D eigenvalue weighted by molar-refractivity contribution is 0.152. The van der Waals surface area contributed by atoms with Crippen LogP contribution in [0.4, 0.5) is 0 Å². The average Bonchev–Trinajstić information content (AvgIpc) is 3.01. The Morgan fingerprint density at radius 2 is 2.21 bits per heavy atom. The van der Waals surface area contributed by atoms with Gasteiger partial charge in [-0.05, 0) is 12.0 Å². The normalized spacial score (nSPS) is 18.9. The molecular weight excluding hydrogens is 318 g/mol. The highest BCUT2D eigenvalue weighted by Gasteiger charge is 2.26. The van der Waals surface area contributed by atoms with Gasteiger partial charge in [-0.1, -0.05) is 32.0 Å². The van der Waals surface area contributed by atoms with E-state index < -0.39 is 0 Å². The zero-order valence-electron chi connectivity index (χ0n) is 14.8. The minimum atomic E-state index is 0.338. The first kappa shape index (κ1) is 17.4. The molecular formula is C19H27N3OS. The molecule has 0 spiro atoms. The van der Waals surface area contributed by atoms with Crippen molar-refractivity contribution in [3.8, 4) is 5.75 Å². The van der Waals surface area contributed by atoms with Gasteiger partial charge in [0.05, 0.1) is 18.2 Å². The number of hydrogen-bond donors (Lipinski definition) is 1. The van der Waals surface area contributed by atoms with Gasteiger partial charge < -0.3 is 10.1 Å². The van der Waals surface area contributed by atoms with E-state index in [9.17, 15) is 0 Å². The van der Waals surface area contributed by atoms with E-state index in [4.69, 9.17) is 4.74 Å². The van der Waals surface area contributed by atoms with Gasteiger partial charge >= 0.3 is 0 Å². The van der Waals surface area contributed by atoms with Gasteiger partial charge in [0.2, 0.25) is 0 Å². The third-order valence-electron chi connectivity index (χ3n) is 4.40. The van der Waals surface area contributed by atoms with Gasteiger partial charge in [0.25, 0.3) is 0 Å². The van der Waals surface area contributed by atoms with Crippen molar-refractivity contribution >= 4 is 11.3 Å². The summed E-state index contributed by atoms with van der Waals surface area (Å²) < 4.78 is 5.58. The number of methoxy groups -OCH3 is 1. The highest BCUT2D eigenvalue weighted by Crippen LogP contribution is 2.31. The number of nitrogens with zero attached hydrogens (tertiary/aromatic N) is 2. The van der Waals surface area contributed by atoms with Gasteiger partial charge in [0.15, 0.2) is 0 Å². The lowest BCUT2D eigenvalue weighted by atomic mass is 10.0. The second kappa shape index (κ2) is 8.10. The van der Waals surface area contributed by atoms with Crippen LogP contribution in [0.3, 0.4) is 0 Å². The third kappa shape index (κ3) is 4.15. The fraction of sp³-hybridized carbons (Fsp3) is 0.526. The SMILES string of the molecule is COc1ccccc1C1CNCCN1Cc1cnc(CC(C)C)s1. The van der Waals surface area contributed by atoms with E-state index in [0.29, 0.717) is 12.0 Å². The van der Waals surface area contributed by atoms with Crippen molar-refractivity contribution in [1.29, 1.82) is 0 Å². The predicted octanol–water partition coefficient (Wildman–Crippen LogP) is 3.50. The van der Waals surface area contributed by atoms with Crippen LogP contribution in [-0.2, 0) is 13.0 Å². The Morgan fingerprint density at radius 1 is 1.38 bits per heavy atom. The van der Waals surface area contributed by atoms with Crippen LogP contribution in [0.2, 0.25) is 0 Å². The summed E-state index contributed by atoms with van der Waals surface area (Å²) in [6, 6.07) is 8.70. The molecule has 1 aromatic carbocycles. The predicted molar refractivity (Wildman–Crippen MR) is 99.7 cm³/mol. The highest BCUT2D eigenvalue weighted by atomic mass is 32.1. The Kier molecular flexibility index (Phi) is 5.87. The van der Waals surface area contributed by atoms with Crippen LogP contribution in [0, 0.1) is 5.92 Å². The smallest absolute Gasteiger partial charge is 0.123 e. The lowest BCUT2D eigenvalue weighted by Gasteiger charge is -2.36. The maximum absolute atomic E-state index is 5.58. The van der Waals surface area contributed by atoms with Crippen molar-refractivity contribution in [1.82, 2.24) is 15.2 Å². The Balaban J connectivity index is 1.76. The number of nitrogens with one attached hydrogen (secondary N) is 1. The zero-order chi connectivity index (χ0) is 16.9. The van der Waals surface area contributed by atoms with E-state index in [0.717, 1.165) is 38.3 Å². The van der Waals surface area contributed by atoms with Gasteiger partial charge in [-0.25, -0.2) is 4.98 Å². The van der Waals surface area contributed by atoms with Crippen LogP contribution in [0.15, 0.2) is 30.5 Å². The van der Waals surface area contributed by atoms with E-state index in [1.165, 1.54) is 15.4 Å². The van der Waals surface area contributed by atoms with Gasteiger partial charge in [0, 0.05) is 49.2 Å². The average molecular weight is 346 g/mol. The molecule has 4 nitrogen and oxygen atoms in total. The van der Waals surface area contributed by atoms with E-state index in [1.807, 2.05) is 17.4 Å². The van der Waals surface area contributed by atoms with Crippen molar-refractivity contribution < 1.29 is 4.74 Å². The molecule has 24 heavy (non-hydrogen) atoms. The largest absolute Gasteiger partial charge is 0.496 e. The standard InChI is InChI=1S/C19H27N3OS/c1-14(2)10-19-21-11-15(24-19)13-22-9-8-20-12-17(22)16-6-4-5-7-18(16)23-3/h4-7,11,14,17,20H,8-10,12-13H2,1-3H3. The number of ether oxygens (including phenoxy) is 1. The molecule has 1 N–H and O–H groups in total. The van der Waals surface area contributed by atoms with Crippen molar-refractivity contribution in [2.45, 2.75) is 32.9 Å². The fourth-order valence-electron chi connectivity index (χ4n) is 3.25. The monoisotopic (exact) mass is 345 g/mol. The molecule has 130 valence electrons. The molecule has 1 atom stereocenters. The second-order valence-electron chi connectivity index (χ2n) is 6.75. The molecule has 0 aliphatic carbocycles. The summed E-state index contributed by atoms with van der Waals surface area (Å²) in [6.07, 6.45) is 3.13. The summed E-state index contributed by atoms with van der Waals surface area (Å²) in [5.74, 6) is 1.63. The first-order valence-electron chi connectivity index (χ1n) is 8.68. The van der Waals surface area contributed by atoms with Gasteiger partial charge in [0.1, 0.15) is 5.75 Å². The summed E-state index contributed by atoms with van der Waals surface area (Å²) in [6.45, 7) is 8.48. The molecule has 0 saturated carbocycles. The molecule has 3 rings (SSSR count).